The van der Waals surface area contributed by atoms with Crippen LogP contribution in [0.25, 0.3) is 0 Å². The van der Waals surface area contributed by atoms with Gasteiger partial charge in [-0.05, 0) is 104 Å². The van der Waals surface area contributed by atoms with Crippen molar-refractivity contribution in [1.82, 2.24) is 0 Å². The highest BCUT2D eigenvalue weighted by molar-refractivity contribution is 5.15. The molecule has 4 aliphatic carbocycles. The van der Waals surface area contributed by atoms with Crippen molar-refractivity contribution in [3.63, 3.8) is 0 Å². The Labute approximate surface area is 493 Å². The molecule has 28 nitrogen and oxygen atoms in total. The minimum Gasteiger partial charge on any atom is -0.394 e. The highest BCUT2D eigenvalue weighted by atomic mass is 16.8. The summed E-state index contributed by atoms with van der Waals surface area (Å²) in [4.78, 5) is 0. The van der Waals surface area contributed by atoms with Gasteiger partial charge in [-0.1, -0.05) is 27.7 Å². The number of hydrogen-bond donors (Lipinski definition) is 16. The van der Waals surface area contributed by atoms with Gasteiger partial charge in [0.25, 0.3) is 0 Å². The molecule has 10 fully saturated rings. The van der Waals surface area contributed by atoms with Crippen molar-refractivity contribution >= 4 is 0 Å². The SMILES string of the molecule is CO[C@]1(CC[C@H](C)CO[C@H]2O[C@@H](CO)[C@H](O)[C@@H](O)[C@@H]2O)O[C@H]2C[C@H]3[C@@H]4CC[C@H]5C[C@@H](O[C@@H]6O[C@H](CO)[C@H](O[C@@H]7O[C@H](CO)[C@@H](O)[C@H](O[C@@H]8OC[C@@H](O)[C@H](O)[C@H]8O)[C@H]7O[C@@H]7O[C@H](CO)[C@@H](O)[C@H](O)[C@H]7O)[C@H](O)[C@H]6O)CC[C@]5(C)[C@H]4CC[C@]3(C)[C@H]2[C@@H]1C. The second-order valence-corrected chi connectivity index (χ2v) is 26.8. The van der Waals surface area contributed by atoms with Gasteiger partial charge in [0.15, 0.2) is 37.2 Å². The largest absolute Gasteiger partial charge is 0.394 e. The van der Waals surface area contributed by atoms with Crippen LogP contribution in [0.2, 0.25) is 0 Å². The van der Waals surface area contributed by atoms with Crippen molar-refractivity contribution in [3.05, 3.63) is 0 Å². The summed E-state index contributed by atoms with van der Waals surface area (Å²) < 4.78 is 72.8. The van der Waals surface area contributed by atoms with E-state index in [4.69, 9.17) is 56.8 Å². The lowest BCUT2D eigenvalue weighted by molar-refractivity contribution is -0.404. The van der Waals surface area contributed by atoms with E-state index in [-0.39, 0.29) is 47.2 Å². The fraction of sp³-hybridized carbons (Fsp3) is 1.00. The van der Waals surface area contributed by atoms with Gasteiger partial charge in [-0.15, -0.1) is 0 Å². The standard InChI is InChI=1S/C57H96O28/c1-22(20-75-50-44(71)40(67)37(64)31(16-58)78-50)8-13-57(74-5)23(2)35-30(85-57)15-28-26-7-6-24-14-25(9-11-55(24,3)27(26)10-12-56(28,35)4)77-52-46(73)42(69)47(34(19-61)81-52)82-54-49(84-53-45(72)41(68)38(65)32(17-59)79-53)48(39(66)33(18-60)80-54)83-51-43(70)36(63)29(62)21-76-51/h22-54,58-73H,6-21H2,1-5H3/t22-,23-,24-,25-,26+,27-,28-,29+,30-,31-,32+,33+,34+,35-,36-,37-,38+,39+,40+,41-,42+,43+,44-,45+,46+,47-,48-,49+,50-,51-,52+,53-,54-,55-,56-,57+/m0/s1. The summed E-state index contributed by atoms with van der Waals surface area (Å²) in [6.07, 6.45) is -32.1. The quantitative estimate of drug-likeness (QED) is 0.0540. The molecule has 0 aromatic carbocycles. The van der Waals surface area contributed by atoms with Crippen LogP contribution < -0.4 is 0 Å². The Morgan fingerprint density at radius 1 is 0.518 bits per heavy atom. The Morgan fingerprint density at radius 3 is 1.73 bits per heavy atom. The molecule has 492 valence electrons. The third kappa shape index (κ3) is 12.3. The van der Waals surface area contributed by atoms with E-state index in [9.17, 15) is 81.7 Å². The highest BCUT2D eigenvalue weighted by Crippen LogP contribution is 2.71. The van der Waals surface area contributed by atoms with E-state index >= 15 is 0 Å². The average Bonchev–Trinajstić information content (AvgIpc) is 1.60. The maximum absolute atomic E-state index is 11.9. The van der Waals surface area contributed by atoms with Gasteiger partial charge in [-0.3, -0.25) is 0 Å². The minimum absolute atomic E-state index is 0.00540. The van der Waals surface area contributed by atoms with Crippen molar-refractivity contribution in [3.8, 4) is 0 Å². The maximum atomic E-state index is 11.9. The monoisotopic (exact) mass is 1230 g/mol. The zero-order chi connectivity index (χ0) is 61.4. The summed E-state index contributed by atoms with van der Waals surface area (Å²) in [6.45, 7) is 5.72. The van der Waals surface area contributed by atoms with Crippen LogP contribution in [0.4, 0.5) is 0 Å². The van der Waals surface area contributed by atoms with Gasteiger partial charge in [-0.2, -0.15) is 0 Å². The Hall–Kier alpha value is -1.12. The van der Waals surface area contributed by atoms with Gasteiger partial charge < -0.3 is 139 Å². The summed E-state index contributed by atoms with van der Waals surface area (Å²) in [6, 6.07) is 0. The van der Waals surface area contributed by atoms with E-state index in [1.165, 1.54) is 0 Å². The lowest BCUT2D eigenvalue weighted by Gasteiger charge is -2.61. The van der Waals surface area contributed by atoms with E-state index < -0.39 is 192 Å². The van der Waals surface area contributed by atoms with Crippen molar-refractivity contribution in [2.45, 2.75) is 257 Å². The zero-order valence-electron chi connectivity index (χ0n) is 48.9. The van der Waals surface area contributed by atoms with E-state index in [1.807, 2.05) is 6.92 Å². The first-order valence-electron chi connectivity index (χ1n) is 30.7. The molecule has 0 unspecified atom stereocenters. The Balaban J connectivity index is 0.764. The minimum atomic E-state index is -2.02. The summed E-state index contributed by atoms with van der Waals surface area (Å²) >= 11 is 0. The summed E-state index contributed by atoms with van der Waals surface area (Å²) in [5.41, 5.74) is 0.0173. The number of ether oxygens (including phenoxy) is 12. The van der Waals surface area contributed by atoms with Crippen molar-refractivity contribution in [2.24, 2.45) is 52.3 Å². The van der Waals surface area contributed by atoms with Crippen LogP contribution >= 0.6 is 0 Å². The van der Waals surface area contributed by atoms with E-state index in [2.05, 4.69) is 20.8 Å². The maximum Gasteiger partial charge on any atom is 0.187 e. The fourth-order valence-electron chi connectivity index (χ4n) is 17.2. The molecule has 6 aliphatic heterocycles. The van der Waals surface area contributed by atoms with E-state index in [0.29, 0.717) is 43.4 Å². The number of hydrogen-bond acceptors (Lipinski definition) is 28. The summed E-state index contributed by atoms with van der Waals surface area (Å²) in [5.74, 6) is 1.23. The number of aliphatic hydroxyl groups excluding tert-OH is 16. The van der Waals surface area contributed by atoms with Crippen LogP contribution in [0, 0.1) is 52.3 Å². The van der Waals surface area contributed by atoms with Gasteiger partial charge in [0.05, 0.1) is 51.8 Å². The average molecular weight is 1230 g/mol. The molecular weight excluding hydrogens is 1130 g/mol. The molecule has 0 aromatic heterocycles. The smallest absolute Gasteiger partial charge is 0.187 e. The molecule has 0 spiro atoms. The normalized spacial score (nSPS) is 54.9. The third-order valence-electron chi connectivity index (χ3n) is 22.1. The van der Waals surface area contributed by atoms with Crippen LogP contribution in [0.5, 0.6) is 0 Å². The molecule has 6 heterocycles. The molecule has 0 radical (unpaired) electrons. The molecule has 0 bridgehead atoms. The van der Waals surface area contributed by atoms with Gasteiger partial charge in [0.1, 0.15) is 116 Å². The summed E-state index contributed by atoms with van der Waals surface area (Å²) in [7, 11) is 1.71. The zero-order valence-corrected chi connectivity index (χ0v) is 48.9. The molecule has 0 aromatic rings. The molecule has 10 rings (SSSR count). The first-order valence-corrected chi connectivity index (χ1v) is 30.7. The van der Waals surface area contributed by atoms with Crippen LogP contribution in [-0.4, -0.2) is 294 Å². The molecule has 4 saturated carbocycles. The molecule has 36 atom stereocenters. The highest BCUT2D eigenvalue weighted by Gasteiger charge is 2.69. The van der Waals surface area contributed by atoms with Crippen LogP contribution in [0.15, 0.2) is 0 Å². The van der Waals surface area contributed by atoms with Crippen molar-refractivity contribution in [2.75, 3.05) is 46.8 Å². The number of fused-ring (bicyclic) bond motifs is 7. The van der Waals surface area contributed by atoms with E-state index in [0.717, 1.165) is 38.5 Å². The molecule has 0 amide bonds. The molecule has 6 saturated heterocycles. The van der Waals surface area contributed by atoms with Gasteiger partial charge in [0.2, 0.25) is 0 Å². The fourth-order valence-corrected chi connectivity index (χ4v) is 17.2. The van der Waals surface area contributed by atoms with Gasteiger partial charge >= 0.3 is 0 Å². The van der Waals surface area contributed by atoms with Crippen molar-refractivity contribution < 1.29 is 139 Å². The Kier molecular flexibility index (Phi) is 21.1. The Bertz CT molecular complexity index is 2150. The molecule has 10 aliphatic rings. The van der Waals surface area contributed by atoms with Crippen LogP contribution in [0.3, 0.4) is 0 Å². The second-order valence-electron chi connectivity index (χ2n) is 26.8. The van der Waals surface area contributed by atoms with E-state index in [1.54, 1.807) is 7.11 Å². The molecular formula is C57H96O28. The number of aliphatic hydroxyl groups is 16. The number of methoxy groups -OCH3 is 1. The molecule has 28 heteroatoms. The third-order valence-corrected chi connectivity index (χ3v) is 22.1. The molecule has 85 heavy (non-hydrogen) atoms. The number of rotatable bonds is 19. The second kappa shape index (κ2) is 26.8. The topological polar surface area (TPSA) is 434 Å². The first kappa shape index (κ1) is 66.8. The predicted octanol–water partition coefficient (Wildman–Crippen LogP) is -4.84. The van der Waals surface area contributed by atoms with Crippen LogP contribution in [0.1, 0.15) is 91.9 Å². The van der Waals surface area contributed by atoms with Gasteiger partial charge in [0, 0.05) is 19.4 Å². The lowest BCUT2D eigenvalue weighted by Crippen LogP contribution is -2.68. The summed E-state index contributed by atoms with van der Waals surface area (Å²) in [5, 5.41) is 170. The molecule has 16 N–H and O–H groups in total. The van der Waals surface area contributed by atoms with Crippen molar-refractivity contribution in [1.29, 1.82) is 0 Å². The Morgan fingerprint density at radius 2 is 1.07 bits per heavy atom. The van der Waals surface area contributed by atoms with Gasteiger partial charge in [-0.25, -0.2) is 0 Å². The predicted molar refractivity (Wildman–Crippen MR) is 283 cm³/mol. The lowest BCUT2D eigenvalue weighted by atomic mass is 9.44. The first-order chi connectivity index (χ1) is 40.4. The van der Waals surface area contributed by atoms with Crippen LogP contribution in [-0.2, 0) is 56.8 Å².